The number of ether oxygens (including phenoxy) is 2. The minimum absolute atomic E-state index is 0.0995. The van der Waals surface area contributed by atoms with Crippen molar-refractivity contribution in [2.75, 3.05) is 38.2 Å². The summed E-state index contributed by atoms with van der Waals surface area (Å²) in [6, 6.07) is 13.5. The number of morpholine rings is 1. The summed E-state index contributed by atoms with van der Waals surface area (Å²) in [4.78, 5) is 24.7. The third-order valence-electron chi connectivity index (χ3n) is 6.25. The van der Waals surface area contributed by atoms with Crippen molar-refractivity contribution >= 4 is 23.8 Å². The van der Waals surface area contributed by atoms with E-state index in [1.165, 1.54) is 11.1 Å². The van der Waals surface area contributed by atoms with Crippen LogP contribution in [0.5, 0.6) is 0 Å². The summed E-state index contributed by atoms with van der Waals surface area (Å²) < 4.78 is 10.6. The van der Waals surface area contributed by atoms with E-state index >= 15 is 0 Å². The number of fused-ring (bicyclic) bond motifs is 1. The molecule has 1 atom stereocenters. The molecule has 180 valence electrons. The first kappa shape index (κ1) is 24.0. The van der Waals surface area contributed by atoms with Gasteiger partial charge in [-0.2, -0.15) is 5.10 Å². The number of carbonyl (C=O) groups excluding carboxylic acids is 2. The molecule has 1 fully saturated rings. The van der Waals surface area contributed by atoms with Crippen LogP contribution in [0.4, 0.5) is 5.69 Å². The fraction of sp³-hybridized carbons (Fsp3) is 0.444. The quantitative estimate of drug-likeness (QED) is 0.472. The number of nitrogens with zero attached hydrogens (tertiary/aromatic N) is 2. The van der Waals surface area contributed by atoms with Gasteiger partial charge in [-0.05, 0) is 72.6 Å². The monoisotopic (exact) mass is 463 g/mol. The second-order valence-electron chi connectivity index (χ2n) is 8.90. The predicted molar refractivity (Wildman–Crippen MR) is 132 cm³/mol. The first-order valence-electron chi connectivity index (χ1n) is 12.2. The Morgan fingerprint density at radius 1 is 1.15 bits per heavy atom. The summed E-state index contributed by atoms with van der Waals surface area (Å²) in [5.74, 6) is 0.0872. The van der Waals surface area contributed by atoms with Crippen LogP contribution in [-0.4, -0.2) is 56.0 Å². The molecule has 0 radical (unpaired) electrons. The molecule has 34 heavy (non-hydrogen) atoms. The summed E-state index contributed by atoms with van der Waals surface area (Å²) >= 11 is 0. The number of amides is 1. The number of hydrogen-bond donors (Lipinski definition) is 1. The molecule has 1 N–H and O–H groups in total. The van der Waals surface area contributed by atoms with Gasteiger partial charge in [0.2, 0.25) is 0 Å². The van der Waals surface area contributed by atoms with Gasteiger partial charge in [0.05, 0.1) is 39.1 Å². The van der Waals surface area contributed by atoms with E-state index in [1.54, 1.807) is 0 Å². The van der Waals surface area contributed by atoms with E-state index in [2.05, 4.69) is 22.6 Å². The second-order valence-corrected chi connectivity index (χ2v) is 8.90. The number of anilines is 1. The molecule has 2 aromatic rings. The van der Waals surface area contributed by atoms with Crippen molar-refractivity contribution < 1.29 is 19.1 Å². The Hall–Kier alpha value is -3.19. The lowest BCUT2D eigenvalue weighted by Gasteiger charge is -2.24. The lowest BCUT2D eigenvalue weighted by Crippen LogP contribution is -2.32. The van der Waals surface area contributed by atoms with Gasteiger partial charge in [0.25, 0.3) is 5.91 Å². The Kier molecular flexibility index (Phi) is 8.31. The second kappa shape index (κ2) is 11.8. The van der Waals surface area contributed by atoms with E-state index in [0.29, 0.717) is 37.7 Å². The Labute approximate surface area is 201 Å². The molecule has 0 saturated carbocycles. The number of nitrogens with one attached hydrogen (secondary N) is 1. The fourth-order valence-electron chi connectivity index (χ4n) is 4.33. The average Bonchev–Trinajstić information content (AvgIpc) is 2.87. The maximum Gasteiger partial charge on any atom is 0.306 e. The highest BCUT2D eigenvalue weighted by Gasteiger charge is 2.22. The zero-order chi connectivity index (χ0) is 23.8. The van der Waals surface area contributed by atoms with Crippen LogP contribution in [0.1, 0.15) is 53.2 Å². The van der Waals surface area contributed by atoms with E-state index in [4.69, 9.17) is 9.47 Å². The predicted octanol–water partition coefficient (Wildman–Crippen LogP) is 4.05. The molecular formula is C27H33N3O4. The zero-order valence-electron chi connectivity index (χ0n) is 19.8. The highest BCUT2D eigenvalue weighted by molar-refractivity contribution is 6.04. The van der Waals surface area contributed by atoms with Crippen LogP contribution in [0.15, 0.2) is 47.6 Å². The molecule has 0 aromatic heterocycles. The topological polar surface area (TPSA) is 80.2 Å². The molecule has 1 saturated heterocycles. The van der Waals surface area contributed by atoms with E-state index in [-0.39, 0.29) is 11.9 Å². The molecule has 2 aliphatic rings. The first-order valence-corrected chi connectivity index (χ1v) is 12.2. The van der Waals surface area contributed by atoms with E-state index < -0.39 is 0 Å². The van der Waals surface area contributed by atoms with Gasteiger partial charge in [-0.25, -0.2) is 0 Å². The fourth-order valence-corrected chi connectivity index (χ4v) is 4.33. The molecule has 1 unspecified atom stereocenters. The molecule has 1 aliphatic carbocycles. The molecule has 0 spiro atoms. The number of aryl methyl sites for hydroxylation is 1. The molecule has 2 aromatic carbocycles. The van der Waals surface area contributed by atoms with Crippen molar-refractivity contribution in [3.05, 3.63) is 64.7 Å². The Balaban J connectivity index is 1.30. The SMILES string of the molecule is CCCOC(=O)CC1CCc2cc(NC(=O)c3ccc(/C=N/N4CCOCC4)cc3)ccc2C1. The van der Waals surface area contributed by atoms with Gasteiger partial charge < -0.3 is 14.8 Å². The Morgan fingerprint density at radius 2 is 1.94 bits per heavy atom. The maximum absolute atomic E-state index is 12.7. The van der Waals surface area contributed by atoms with Crippen LogP contribution in [0, 0.1) is 5.92 Å². The van der Waals surface area contributed by atoms with Crippen LogP contribution in [0.2, 0.25) is 0 Å². The minimum atomic E-state index is -0.135. The Morgan fingerprint density at radius 3 is 2.71 bits per heavy atom. The molecule has 0 bridgehead atoms. The van der Waals surface area contributed by atoms with Gasteiger partial charge >= 0.3 is 5.97 Å². The van der Waals surface area contributed by atoms with E-state index in [9.17, 15) is 9.59 Å². The maximum atomic E-state index is 12.7. The van der Waals surface area contributed by atoms with Gasteiger partial charge in [-0.15, -0.1) is 0 Å². The van der Waals surface area contributed by atoms with Gasteiger partial charge in [-0.3, -0.25) is 14.6 Å². The van der Waals surface area contributed by atoms with Crippen LogP contribution in [0.25, 0.3) is 0 Å². The number of rotatable bonds is 8. The van der Waals surface area contributed by atoms with Gasteiger partial charge in [0.1, 0.15) is 0 Å². The molecule has 7 nitrogen and oxygen atoms in total. The van der Waals surface area contributed by atoms with Crippen molar-refractivity contribution in [3.8, 4) is 0 Å². The standard InChI is InChI=1S/C27H33N3O4/c1-2-13-34-26(31)17-21-5-8-24-18-25(10-9-23(24)16-21)29-27(32)22-6-3-20(4-7-22)19-28-30-11-14-33-15-12-30/h3-4,6-7,9-10,18-19,21H,2,5,8,11-17H2,1H3,(H,29,32)/b28-19+. The van der Waals surface area contributed by atoms with Crippen LogP contribution >= 0.6 is 0 Å². The normalized spacial score (nSPS) is 17.9. The number of hydrogen-bond acceptors (Lipinski definition) is 6. The van der Waals surface area contributed by atoms with Crippen molar-refractivity contribution in [2.45, 2.75) is 39.0 Å². The lowest BCUT2D eigenvalue weighted by atomic mass is 9.82. The average molecular weight is 464 g/mol. The number of hydrazone groups is 1. The lowest BCUT2D eigenvalue weighted by molar-refractivity contribution is -0.144. The van der Waals surface area contributed by atoms with E-state index in [1.807, 2.05) is 48.5 Å². The van der Waals surface area contributed by atoms with Gasteiger partial charge in [0.15, 0.2) is 0 Å². The van der Waals surface area contributed by atoms with Crippen LogP contribution < -0.4 is 5.32 Å². The summed E-state index contributed by atoms with van der Waals surface area (Å²) in [7, 11) is 0. The molecular weight excluding hydrogens is 430 g/mol. The third kappa shape index (κ3) is 6.67. The number of benzene rings is 2. The molecule has 7 heteroatoms. The highest BCUT2D eigenvalue weighted by atomic mass is 16.5. The summed E-state index contributed by atoms with van der Waals surface area (Å²) in [5.41, 5.74) is 4.84. The highest BCUT2D eigenvalue weighted by Crippen LogP contribution is 2.30. The number of esters is 1. The van der Waals surface area contributed by atoms with Crippen molar-refractivity contribution in [3.63, 3.8) is 0 Å². The minimum Gasteiger partial charge on any atom is -0.466 e. The summed E-state index contributed by atoms with van der Waals surface area (Å²) in [6.07, 6.45) is 5.87. The van der Waals surface area contributed by atoms with Crippen LogP contribution in [0.3, 0.4) is 0 Å². The van der Waals surface area contributed by atoms with Crippen molar-refractivity contribution in [1.82, 2.24) is 5.01 Å². The molecule has 1 aliphatic heterocycles. The smallest absolute Gasteiger partial charge is 0.306 e. The molecule has 1 amide bonds. The number of carbonyl (C=O) groups is 2. The molecule has 4 rings (SSSR count). The summed E-state index contributed by atoms with van der Waals surface area (Å²) in [5, 5.41) is 9.47. The van der Waals surface area contributed by atoms with Crippen molar-refractivity contribution in [1.29, 1.82) is 0 Å². The molecule has 1 heterocycles. The zero-order valence-corrected chi connectivity index (χ0v) is 19.8. The van der Waals surface area contributed by atoms with Crippen molar-refractivity contribution in [2.24, 2.45) is 11.0 Å². The first-order chi connectivity index (χ1) is 16.6. The largest absolute Gasteiger partial charge is 0.466 e. The van der Waals surface area contributed by atoms with Crippen LogP contribution in [-0.2, 0) is 27.1 Å². The summed E-state index contributed by atoms with van der Waals surface area (Å²) in [6.45, 7) is 5.49. The third-order valence-corrected chi connectivity index (χ3v) is 6.25. The van der Waals surface area contributed by atoms with Gasteiger partial charge in [0, 0.05) is 17.7 Å². The van der Waals surface area contributed by atoms with Gasteiger partial charge in [-0.1, -0.05) is 25.1 Å². The Bertz CT molecular complexity index is 1010. The van der Waals surface area contributed by atoms with E-state index in [0.717, 1.165) is 50.0 Å².